The van der Waals surface area contributed by atoms with Gasteiger partial charge in [-0.1, -0.05) is 0 Å². The first kappa shape index (κ1) is 14.4. The van der Waals surface area contributed by atoms with E-state index in [1.165, 1.54) is 25.7 Å². The van der Waals surface area contributed by atoms with Crippen LogP contribution in [0.3, 0.4) is 0 Å². The molecule has 0 saturated carbocycles. The van der Waals surface area contributed by atoms with Crippen molar-refractivity contribution in [1.82, 2.24) is 0 Å². The van der Waals surface area contributed by atoms with Gasteiger partial charge in [-0.2, -0.15) is 0 Å². The molecule has 11 heavy (non-hydrogen) atoms. The summed E-state index contributed by atoms with van der Waals surface area (Å²) in [5.41, 5.74) is 0. The molecular formula is C8H17ClOZn. The molecule has 3 heteroatoms. The summed E-state index contributed by atoms with van der Waals surface area (Å²) in [7, 11) is 0. The number of rotatable bonds is 6. The van der Waals surface area contributed by atoms with Gasteiger partial charge in [-0.05, 0) is 0 Å². The molecule has 1 unspecified atom stereocenters. The number of halogens is 1. The van der Waals surface area contributed by atoms with Crippen LogP contribution in [0.4, 0.5) is 0 Å². The third-order valence-electron chi connectivity index (χ3n) is 1.90. The Morgan fingerprint density at radius 3 is 2.36 bits per heavy atom. The molecule has 0 bridgehead atoms. The Labute approximate surface area is 86.8 Å². The Morgan fingerprint density at radius 1 is 1.36 bits per heavy atom. The summed E-state index contributed by atoms with van der Waals surface area (Å²) >= 11 is 0.989. The van der Waals surface area contributed by atoms with Crippen molar-refractivity contribution in [3.05, 3.63) is 0 Å². The fraction of sp³-hybridized carbons (Fsp3) is 1.00. The topological polar surface area (TPSA) is 9.23 Å². The molecule has 0 fully saturated rings. The smallest absolute Gasteiger partial charge is 1.00 e. The van der Waals surface area contributed by atoms with Crippen LogP contribution in [0.25, 0.3) is 0 Å². The molecule has 0 aromatic heterocycles. The number of hydrogen-bond donors (Lipinski definition) is 0. The van der Waals surface area contributed by atoms with Gasteiger partial charge in [0, 0.05) is 0 Å². The minimum atomic E-state index is 0. The molecule has 0 amide bonds. The van der Waals surface area contributed by atoms with Crippen LogP contribution >= 0.6 is 0 Å². The van der Waals surface area contributed by atoms with E-state index in [9.17, 15) is 0 Å². The van der Waals surface area contributed by atoms with Crippen LogP contribution in [0.5, 0.6) is 0 Å². The van der Waals surface area contributed by atoms with Crippen LogP contribution in [-0.4, -0.2) is 6.61 Å². The Hall–Kier alpha value is 0.873. The fourth-order valence-corrected chi connectivity index (χ4v) is 1.76. The van der Waals surface area contributed by atoms with E-state index in [1.54, 1.807) is 0 Å². The largest absolute Gasteiger partial charge is 1.00 e. The van der Waals surface area contributed by atoms with Crippen LogP contribution in [0, 0.1) is 5.92 Å². The van der Waals surface area contributed by atoms with Crippen LogP contribution in [0.2, 0.25) is 0 Å². The average molecular weight is 230 g/mol. The van der Waals surface area contributed by atoms with E-state index in [2.05, 4.69) is 13.8 Å². The van der Waals surface area contributed by atoms with Crippen molar-refractivity contribution in [3.8, 4) is 0 Å². The minimum Gasteiger partial charge on any atom is -1.00 e. The predicted molar refractivity (Wildman–Crippen MR) is 39.3 cm³/mol. The van der Waals surface area contributed by atoms with Crippen molar-refractivity contribution >= 4 is 0 Å². The van der Waals surface area contributed by atoms with Crippen molar-refractivity contribution in [2.75, 3.05) is 6.61 Å². The van der Waals surface area contributed by atoms with E-state index in [0.717, 1.165) is 31.2 Å². The zero-order valence-electron chi connectivity index (χ0n) is 7.61. The first-order valence-corrected chi connectivity index (χ1v) is 5.43. The van der Waals surface area contributed by atoms with Crippen LogP contribution in [0.1, 0.15) is 39.5 Å². The van der Waals surface area contributed by atoms with Gasteiger partial charge >= 0.3 is 74.3 Å². The van der Waals surface area contributed by atoms with Crippen LogP contribution < -0.4 is 12.4 Å². The second-order valence-electron chi connectivity index (χ2n) is 2.79. The number of hydrogen-bond acceptors (Lipinski definition) is 1. The van der Waals surface area contributed by atoms with E-state index in [4.69, 9.17) is 3.56 Å². The molecule has 1 nitrogen and oxygen atoms in total. The van der Waals surface area contributed by atoms with Crippen LogP contribution in [-0.2, 0) is 22.2 Å². The van der Waals surface area contributed by atoms with E-state index in [-0.39, 0.29) is 12.4 Å². The molecule has 0 spiro atoms. The van der Waals surface area contributed by atoms with Gasteiger partial charge in [0.05, 0.1) is 0 Å². The minimum absolute atomic E-state index is 0. The standard InChI is InChI=1S/C8H17O.ClH.Zn/c1-3-5-6-8(4-2)7-9;;/h8H,3-7H2,1-2H3;1H;/q-1;;+2/p-1. The van der Waals surface area contributed by atoms with Crippen LogP contribution in [0.15, 0.2) is 0 Å². The quantitative estimate of drug-likeness (QED) is 0.568. The van der Waals surface area contributed by atoms with Gasteiger partial charge in [-0.15, -0.1) is 0 Å². The molecule has 1 atom stereocenters. The van der Waals surface area contributed by atoms with E-state index >= 15 is 0 Å². The van der Waals surface area contributed by atoms with Crippen molar-refractivity contribution in [1.29, 1.82) is 0 Å². The second kappa shape index (κ2) is 10.9. The molecule has 64 valence electrons. The maximum atomic E-state index is 5.22. The zero-order valence-corrected chi connectivity index (χ0v) is 11.3. The van der Waals surface area contributed by atoms with Crippen molar-refractivity contribution < 1.29 is 34.6 Å². The molecule has 0 N–H and O–H groups in total. The Kier molecular flexibility index (Phi) is 14.2. The van der Waals surface area contributed by atoms with Gasteiger partial charge in [0.2, 0.25) is 0 Å². The van der Waals surface area contributed by atoms with E-state index in [1.807, 2.05) is 0 Å². The molecule has 0 aromatic carbocycles. The summed E-state index contributed by atoms with van der Waals surface area (Å²) in [6.45, 7) is 5.49. The summed E-state index contributed by atoms with van der Waals surface area (Å²) in [5, 5.41) is 0. The first-order chi connectivity index (χ1) is 4.85. The Balaban J connectivity index is 0. The fourth-order valence-electron chi connectivity index (χ4n) is 1.06. The molecular weight excluding hydrogens is 213 g/mol. The van der Waals surface area contributed by atoms with Crippen molar-refractivity contribution in [3.63, 3.8) is 0 Å². The Morgan fingerprint density at radius 2 is 2.00 bits per heavy atom. The van der Waals surface area contributed by atoms with Crippen molar-refractivity contribution in [2.45, 2.75) is 39.5 Å². The van der Waals surface area contributed by atoms with Crippen molar-refractivity contribution in [2.24, 2.45) is 5.92 Å². The second-order valence-corrected chi connectivity index (χ2v) is 3.64. The summed E-state index contributed by atoms with van der Waals surface area (Å²) in [6, 6.07) is 0. The van der Waals surface area contributed by atoms with Gasteiger partial charge in [0.25, 0.3) is 0 Å². The zero-order chi connectivity index (χ0) is 7.82. The van der Waals surface area contributed by atoms with E-state index < -0.39 is 0 Å². The molecule has 0 radical (unpaired) electrons. The van der Waals surface area contributed by atoms with Gasteiger partial charge in [-0.25, -0.2) is 0 Å². The maximum absolute atomic E-state index is 5.22. The Bertz CT molecular complexity index is 71.1. The summed E-state index contributed by atoms with van der Waals surface area (Å²) in [4.78, 5) is 0. The average Bonchev–Trinajstić information content (AvgIpc) is 1.98. The van der Waals surface area contributed by atoms with Gasteiger partial charge in [-0.3, -0.25) is 0 Å². The SMILES string of the molecule is CCCCC(CC)C[O][Zn+].[Cl-]. The normalized spacial score (nSPS) is 12.4. The molecule has 0 aliphatic rings. The molecule has 0 aliphatic carbocycles. The van der Waals surface area contributed by atoms with Gasteiger partial charge in [0.15, 0.2) is 0 Å². The molecule has 0 heterocycles. The number of unbranched alkanes of at least 4 members (excludes halogenated alkanes) is 1. The maximum Gasteiger partial charge on any atom is -1.00 e. The molecule has 0 rings (SSSR count). The van der Waals surface area contributed by atoms with Gasteiger partial charge < -0.3 is 12.4 Å². The molecule has 0 aliphatic heterocycles. The monoisotopic (exact) mass is 228 g/mol. The first-order valence-electron chi connectivity index (χ1n) is 4.22. The third kappa shape index (κ3) is 8.78. The predicted octanol–water partition coefficient (Wildman–Crippen LogP) is -0.315. The third-order valence-corrected chi connectivity index (χ3v) is 2.39. The molecule has 0 saturated heterocycles. The summed E-state index contributed by atoms with van der Waals surface area (Å²) in [6.07, 6.45) is 5.31. The summed E-state index contributed by atoms with van der Waals surface area (Å²) in [5.74, 6) is 0.827. The van der Waals surface area contributed by atoms with E-state index in [0.29, 0.717) is 0 Å². The summed E-state index contributed by atoms with van der Waals surface area (Å²) < 4.78 is 5.22. The molecule has 0 aromatic rings. The van der Waals surface area contributed by atoms with Gasteiger partial charge in [0.1, 0.15) is 0 Å².